The van der Waals surface area contributed by atoms with Gasteiger partial charge in [0.05, 0.1) is 34.9 Å². The normalized spacial score (nSPS) is 19.7. The van der Waals surface area contributed by atoms with Crippen molar-refractivity contribution in [1.29, 1.82) is 0 Å². The molecule has 0 unspecified atom stereocenters. The van der Waals surface area contributed by atoms with Crippen molar-refractivity contribution in [3.63, 3.8) is 0 Å². The second-order valence-electron chi connectivity index (χ2n) is 25.6. The number of piperidine rings is 2. The average molecular weight is 1100 g/mol. The van der Waals surface area contributed by atoms with Gasteiger partial charge in [-0.25, -0.2) is 24.1 Å². The fourth-order valence-electron chi connectivity index (χ4n) is 14.1. The van der Waals surface area contributed by atoms with E-state index >= 15 is 0 Å². The Morgan fingerprint density at radius 2 is 0.864 bits per heavy atom. The zero-order valence-electron chi connectivity index (χ0n) is 49.3. The zero-order chi connectivity index (χ0) is 55.7. The van der Waals surface area contributed by atoms with Gasteiger partial charge in [-0.2, -0.15) is 0 Å². The van der Waals surface area contributed by atoms with E-state index in [4.69, 9.17) is 24.2 Å². The summed E-state index contributed by atoms with van der Waals surface area (Å²) in [4.78, 5) is 24.4. The molecule has 81 heavy (non-hydrogen) atoms. The van der Waals surface area contributed by atoms with Gasteiger partial charge in [-0.1, -0.05) is 112 Å². The van der Waals surface area contributed by atoms with E-state index < -0.39 is 5.60 Å². The van der Waals surface area contributed by atoms with Gasteiger partial charge >= 0.3 is 6.09 Å². The first-order chi connectivity index (χ1) is 39.5. The van der Waals surface area contributed by atoms with E-state index in [-0.39, 0.29) is 12.1 Å². The van der Waals surface area contributed by atoms with Crippen molar-refractivity contribution >= 4 is 6.09 Å². The number of aromatic nitrogens is 8. The quantitative estimate of drug-likeness (QED) is 0.125. The summed E-state index contributed by atoms with van der Waals surface area (Å²) in [6.07, 6.45) is 29.8. The van der Waals surface area contributed by atoms with Gasteiger partial charge in [-0.3, -0.25) is 0 Å². The maximum Gasteiger partial charge on any atom is 0.410 e. The number of nitrogens with one attached hydrogen (secondary N) is 1. The fraction of sp³-hybridized carbons (Fsp3) is 0.597. The lowest BCUT2D eigenvalue weighted by molar-refractivity contribution is 0.0184. The molecular formula is C67H90N10O4. The summed E-state index contributed by atoms with van der Waals surface area (Å²) in [5, 5.41) is 21.4. The lowest BCUT2D eigenvalue weighted by Crippen LogP contribution is -2.42. The molecule has 432 valence electrons. The van der Waals surface area contributed by atoms with Gasteiger partial charge in [-0.05, 0) is 207 Å². The van der Waals surface area contributed by atoms with Crippen LogP contribution in [0.2, 0.25) is 0 Å². The molecule has 6 aromatic rings. The summed E-state index contributed by atoms with van der Waals surface area (Å²) in [6.45, 7) is 13.0. The Morgan fingerprint density at radius 1 is 0.494 bits per heavy atom. The molecule has 12 rings (SSSR count). The number of hydrogen-bond donors (Lipinski definition) is 1. The monoisotopic (exact) mass is 1100 g/mol. The molecule has 2 aromatic carbocycles. The summed E-state index contributed by atoms with van der Waals surface area (Å²) in [6, 6.07) is 26.7. The van der Waals surface area contributed by atoms with Gasteiger partial charge in [0.2, 0.25) is 11.8 Å². The van der Waals surface area contributed by atoms with Crippen LogP contribution in [0.5, 0.6) is 23.3 Å². The molecule has 4 aromatic heterocycles. The minimum atomic E-state index is -0.502. The van der Waals surface area contributed by atoms with Crippen LogP contribution in [0.1, 0.15) is 244 Å². The van der Waals surface area contributed by atoms with Crippen LogP contribution in [0.4, 0.5) is 4.79 Å². The van der Waals surface area contributed by atoms with Crippen LogP contribution in [-0.4, -0.2) is 82.7 Å². The molecule has 2 aliphatic heterocycles. The molecule has 14 heteroatoms. The summed E-state index contributed by atoms with van der Waals surface area (Å²) in [7, 11) is 0. The Bertz CT molecular complexity index is 2940. The number of nitrogens with zero attached hydrogens (tertiary/aromatic N) is 9. The van der Waals surface area contributed by atoms with Crippen molar-refractivity contribution in [2.75, 3.05) is 26.2 Å². The van der Waals surface area contributed by atoms with Gasteiger partial charge in [0.15, 0.2) is 0 Å². The number of aryl methyl sites for hydroxylation is 2. The highest BCUT2D eigenvalue weighted by molar-refractivity contribution is 5.68. The zero-order valence-corrected chi connectivity index (χ0v) is 49.3. The molecule has 0 bridgehead atoms. The number of pyridine rings is 2. The molecule has 14 nitrogen and oxygen atoms in total. The van der Waals surface area contributed by atoms with Gasteiger partial charge in [0, 0.05) is 25.2 Å². The molecule has 1 N–H and O–H groups in total. The maximum atomic E-state index is 12.6. The molecule has 2 saturated heterocycles. The average Bonchev–Trinajstić information content (AvgIpc) is 4.15. The van der Waals surface area contributed by atoms with Gasteiger partial charge in [0.25, 0.3) is 0 Å². The minimum absolute atomic E-state index is 0.126. The summed E-state index contributed by atoms with van der Waals surface area (Å²) >= 11 is 0. The van der Waals surface area contributed by atoms with Crippen molar-refractivity contribution in [3.8, 4) is 46.0 Å². The van der Waals surface area contributed by atoms with Crippen LogP contribution >= 0.6 is 0 Å². The number of benzene rings is 2. The van der Waals surface area contributed by atoms with Crippen LogP contribution in [-0.2, 0) is 4.74 Å². The summed E-state index contributed by atoms with van der Waals surface area (Å²) in [5.41, 5.74) is 10.7. The first kappa shape index (κ1) is 56.7. The first-order valence-corrected chi connectivity index (χ1v) is 31.6. The number of rotatable bonds is 12. The third-order valence-electron chi connectivity index (χ3n) is 18.4. The Hall–Kier alpha value is -6.15. The Kier molecular flexibility index (Phi) is 18.5. The first-order valence-electron chi connectivity index (χ1n) is 31.6. The smallest absolute Gasteiger partial charge is 0.410 e. The minimum Gasteiger partial charge on any atom is -0.444 e. The molecule has 1 amide bonds. The van der Waals surface area contributed by atoms with Crippen molar-refractivity contribution in [2.24, 2.45) is 0 Å². The fourth-order valence-corrected chi connectivity index (χ4v) is 14.1. The van der Waals surface area contributed by atoms with E-state index in [0.717, 1.165) is 84.4 Å². The highest BCUT2D eigenvalue weighted by atomic mass is 16.6. The third kappa shape index (κ3) is 14.4. The van der Waals surface area contributed by atoms with E-state index in [1.54, 1.807) is 4.90 Å². The predicted molar refractivity (Wildman–Crippen MR) is 320 cm³/mol. The lowest BCUT2D eigenvalue weighted by atomic mass is 9.80. The number of amides is 1. The largest absolute Gasteiger partial charge is 0.444 e. The SMILES string of the molecule is Cc1nnn(C2CCN(C(=O)OC(C)(C)C)CC2)c1-c1cccc(Oc2cc(C3CCCCC3)cc(C3CCCCC3)c2)n1.Cc1nnn(C2CCNCC2)c1-c1cccc(Oc2cc(C3CCCCC3)cc(C3CCCCC3)c2)n1. The van der Waals surface area contributed by atoms with E-state index in [1.807, 2.05) is 69.6 Å². The van der Waals surface area contributed by atoms with Crippen molar-refractivity contribution in [1.82, 2.24) is 50.2 Å². The highest BCUT2D eigenvalue weighted by Crippen LogP contribution is 2.43. The summed E-state index contributed by atoms with van der Waals surface area (Å²) in [5.74, 6) is 5.64. The van der Waals surface area contributed by atoms with Crippen LogP contribution in [0.15, 0.2) is 72.8 Å². The lowest BCUT2D eigenvalue weighted by Gasteiger charge is -2.33. The molecule has 6 aliphatic rings. The van der Waals surface area contributed by atoms with E-state index in [2.05, 4.69) is 73.1 Å². The number of carbonyl (C=O) groups excluding carboxylic acids is 1. The van der Waals surface area contributed by atoms with Gasteiger partial charge in [0.1, 0.15) is 28.5 Å². The molecule has 0 spiro atoms. The molecule has 6 fully saturated rings. The Morgan fingerprint density at radius 3 is 1.23 bits per heavy atom. The Balaban J connectivity index is 0.000000173. The number of ether oxygens (including phenoxy) is 3. The van der Waals surface area contributed by atoms with Crippen molar-refractivity contribution in [2.45, 2.75) is 230 Å². The molecule has 0 atom stereocenters. The van der Waals surface area contributed by atoms with Gasteiger partial charge in [-0.15, -0.1) is 10.2 Å². The second kappa shape index (κ2) is 26.4. The number of carbonyl (C=O) groups is 1. The van der Waals surface area contributed by atoms with Crippen molar-refractivity contribution < 1.29 is 19.0 Å². The maximum absolute atomic E-state index is 12.6. The van der Waals surface area contributed by atoms with Crippen molar-refractivity contribution in [3.05, 3.63) is 106 Å². The predicted octanol–water partition coefficient (Wildman–Crippen LogP) is 16.6. The van der Waals surface area contributed by atoms with Crippen LogP contribution < -0.4 is 14.8 Å². The van der Waals surface area contributed by atoms with Gasteiger partial charge < -0.3 is 24.4 Å². The summed E-state index contributed by atoms with van der Waals surface area (Å²) < 4.78 is 22.8. The second-order valence-corrected chi connectivity index (χ2v) is 25.6. The number of likely N-dealkylation sites (tertiary alicyclic amines) is 1. The highest BCUT2D eigenvalue weighted by Gasteiger charge is 2.31. The molecule has 4 saturated carbocycles. The molecule has 6 heterocycles. The molecule has 0 radical (unpaired) electrons. The van der Waals surface area contributed by atoms with Crippen LogP contribution in [0.3, 0.4) is 0 Å². The standard InChI is InChI=1S/C36H49N5O3.C31H41N5O/c1-25-34(41(39-38-25)30-18-20-40(21-19-30)35(42)44-36(2,3)4)32-16-11-17-33(37-32)43-31-23-28(26-12-7-5-8-13-26)22-29(24-31)27-14-9-6-10-15-27;1-22-31(36(35-34-22)27-15-17-32-18-16-27)29-13-8-14-30(33-29)37-28-20-25(23-9-4-2-5-10-23)19-26(21-28)24-11-6-3-7-12-24/h11,16-17,22-24,26-27,30H,5-10,12-15,18-21H2,1-4H3;8,13-14,19-21,23-24,27,32H,2-7,9-12,15-18H2,1H3. The Labute approximate surface area is 481 Å². The van der Waals surface area contributed by atoms with E-state index in [1.165, 1.54) is 151 Å². The number of hydrogen-bond acceptors (Lipinski definition) is 11. The molecular weight excluding hydrogens is 1010 g/mol. The van der Waals surface area contributed by atoms with Crippen LogP contribution in [0.25, 0.3) is 22.8 Å². The van der Waals surface area contributed by atoms with Crippen LogP contribution in [0, 0.1) is 13.8 Å². The topological polar surface area (TPSA) is 147 Å². The molecule has 4 aliphatic carbocycles. The van der Waals surface area contributed by atoms with E-state index in [0.29, 0.717) is 54.6 Å². The third-order valence-corrected chi connectivity index (χ3v) is 18.4. The van der Waals surface area contributed by atoms with E-state index in [9.17, 15) is 4.79 Å².